The largest absolute Gasteiger partial charge is 0.394 e. The summed E-state index contributed by atoms with van der Waals surface area (Å²) in [6.07, 6.45) is 0.547. The molecular formula is C14H28N2O2. The minimum absolute atomic E-state index is 0.00622. The van der Waals surface area contributed by atoms with Gasteiger partial charge in [-0.15, -0.1) is 0 Å². The Morgan fingerprint density at radius 3 is 2.39 bits per heavy atom. The molecule has 0 aliphatic carbocycles. The van der Waals surface area contributed by atoms with E-state index in [-0.39, 0.29) is 24.0 Å². The lowest BCUT2D eigenvalue weighted by Crippen LogP contribution is -2.58. The number of aliphatic hydroxyl groups excluding tert-OH is 1. The second-order valence-corrected chi connectivity index (χ2v) is 6.75. The van der Waals surface area contributed by atoms with Gasteiger partial charge in [0.15, 0.2) is 0 Å². The molecule has 106 valence electrons. The van der Waals surface area contributed by atoms with Crippen molar-refractivity contribution in [3.05, 3.63) is 0 Å². The average molecular weight is 256 g/mol. The Bertz CT molecular complexity index is 284. The van der Waals surface area contributed by atoms with Gasteiger partial charge in [0.25, 0.3) is 0 Å². The monoisotopic (exact) mass is 256 g/mol. The van der Waals surface area contributed by atoms with Crippen molar-refractivity contribution in [2.75, 3.05) is 26.2 Å². The molecule has 0 aromatic heterocycles. The van der Waals surface area contributed by atoms with Crippen molar-refractivity contribution in [3.8, 4) is 0 Å². The van der Waals surface area contributed by atoms with Crippen LogP contribution in [0.4, 0.5) is 0 Å². The molecule has 4 heteroatoms. The third kappa shape index (κ3) is 4.25. The van der Waals surface area contributed by atoms with E-state index in [4.69, 9.17) is 0 Å². The minimum Gasteiger partial charge on any atom is -0.394 e. The highest BCUT2D eigenvalue weighted by Crippen LogP contribution is 2.22. The summed E-state index contributed by atoms with van der Waals surface area (Å²) in [7, 11) is 0. The average Bonchev–Trinajstić information content (AvgIpc) is 2.25. The van der Waals surface area contributed by atoms with Gasteiger partial charge >= 0.3 is 0 Å². The van der Waals surface area contributed by atoms with Gasteiger partial charge in [-0.25, -0.2) is 0 Å². The molecule has 0 radical (unpaired) electrons. The number of carbonyl (C=O) groups is 1. The van der Waals surface area contributed by atoms with E-state index in [0.29, 0.717) is 12.5 Å². The van der Waals surface area contributed by atoms with E-state index in [1.807, 2.05) is 4.90 Å². The smallest absolute Gasteiger partial charge is 0.223 e. The zero-order chi connectivity index (χ0) is 13.9. The van der Waals surface area contributed by atoms with E-state index < -0.39 is 0 Å². The molecule has 0 unspecified atom stereocenters. The maximum atomic E-state index is 12.3. The summed E-state index contributed by atoms with van der Waals surface area (Å²) >= 11 is 0. The molecule has 4 nitrogen and oxygen atoms in total. The van der Waals surface area contributed by atoms with Gasteiger partial charge in [-0.05, 0) is 19.3 Å². The number of hydrogen-bond donors (Lipinski definition) is 1. The third-order valence-corrected chi connectivity index (χ3v) is 3.46. The molecule has 1 amide bonds. The van der Waals surface area contributed by atoms with Crippen LogP contribution in [-0.4, -0.2) is 59.1 Å². The molecule has 1 aliphatic rings. The highest BCUT2D eigenvalue weighted by Gasteiger charge is 2.32. The first-order valence-electron chi connectivity index (χ1n) is 6.89. The van der Waals surface area contributed by atoms with Crippen LogP contribution in [0.15, 0.2) is 0 Å². The molecule has 1 rings (SSSR count). The normalized spacial score (nSPS) is 22.6. The molecule has 0 aromatic rings. The lowest BCUT2D eigenvalue weighted by atomic mass is 9.91. The number of amides is 1. The highest BCUT2D eigenvalue weighted by atomic mass is 16.3. The van der Waals surface area contributed by atoms with E-state index in [9.17, 15) is 9.90 Å². The van der Waals surface area contributed by atoms with Crippen molar-refractivity contribution in [3.63, 3.8) is 0 Å². The Morgan fingerprint density at radius 1 is 1.33 bits per heavy atom. The number of carbonyl (C=O) groups excluding carboxylic acids is 1. The number of piperazine rings is 1. The molecule has 18 heavy (non-hydrogen) atoms. The molecule has 0 aromatic carbocycles. The van der Waals surface area contributed by atoms with Gasteiger partial charge in [0.2, 0.25) is 5.91 Å². The van der Waals surface area contributed by atoms with Gasteiger partial charge in [0.1, 0.15) is 0 Å². The van der Waals surface area contributed by atoms with E-state index in [1.165, 1.54) is 0 Å². The Labute approximate surface area is 111 Å². The first-order chi connectivity index (χ1) is 8.24. The second-order valence-electron chi connectivity index (χ2n) is 6.75. The molecule has 0 spiro atoms. The molecule has 1 heterocycles. The summed E-state index contributed by atoms with van der Waals surface area (Å²) in [6.45, 7) is 13.0. The van der Waals surface area contributed by atoms with Gasteiger partial charge in [-0.3, -0.25) is 9.69 Å². The summed E-state index contributed by atoms with van der Waals surface area (Å²) in [5, 5.41) is 9.49. The standard InChI is InChI=1S/C14H28N2O2/c1-11(2)15-6-7-16(12(9-15)10-17)13(18)8-14(3,4)5/h11-12,17H,6-10H2,1-5H3/t12-/m1/s1. The van der Waals surface area contributed by atoms with E-state index in [2.05, 4.69) is 39.5 Å². The molecule has 1 fully saturated rings. The Morgan fingerprint density at radius 2 is 1.94 bits per heavy atom. The van der Waals surface area contributed by atoms with Crippen LogP contribution in [0.5, 0.6) is 0 Å². The summed E-state index contributed by atoms with van der Waals surface area (Å²) in [4.78, 5) is 16.4. The topological polar surface area (TPSA) is 43.8 Å². The van der Waals surface area contributed by atoms with Crippen LogP contribution >= 0.6 is 0 Å². The van der Waals surface area contributed by atoms with Crippen molar-refractivity contribution in [2.45, 2.75) is 53.1 Å². The predicted octanol–water partition coefficient (Wildman–Crippen LogP) is 1.34. The Hall–Kier alpha value is -0.610. The SMILES string of the molecule is CC(C)N1CCN(C(=O)CC(C)(C)C)[C@@H](CO)C1. The zero-order valence-electron chi connectivity index (χ0n) is 12.4. The van der Waals surface area contributed by atoms with Crippen molar-refractivity contribution in [1.82, 2.24) is 9.80 Å². The van der Waals surface area contributed by atoms with E-state index in [1.54, 1.807) is 0 Å². The fraction of sp³-hybridized carbons (Fsp3) is 0.929. The minimum atomic E-state index is -0.0454. The molecule has 1 atom stereocenters. The van der Waals surface area contributed by atoms with Gasteiger partial charge in [-0.1, -0.05) is 20.8 Å². The third-order valence-electron chi connectivity index (χ3n) is 3.46. The first-order valence-corrected chi connectivity index (χ1v) is 6.89. The zero-order valence-corrected chi connectivity index (χ0v) is 12.4. The lowest BCUT2D eigenvalue weighted by molar-refractivity contribution is -0.139. The van der Waals surface area contributed by atoms with Crippen molar-refractivity contribution in [2.24, 2.45) is 5.41 Å². The van der Waals surface area contributed by atoms with Crippen LogP contribution in [0.25, 0.3) is 0 Å². The molecule has 1 N–H and O–H groups in total. The van der Waals surface area contributed by atoms with Crippen LogP contribution in [0, 0.1) is 5.41 Å². The molecule has 1 saturated heterocycles. The fourth-order valence-electron chi connectivity index (χ4n) is 2.39. The molecule has 0 saturated carbocycles. The van der Waals surface area contributed by atoms with E-state index in [0.717, 1.165) is 19.6 Å². The summed E-state index contributed by atoms with van der Waals surface area (Å²) in [5.74, 6) is 0.171. The molecular weight excluding hydrogens is 228 g/mol. The van der Waals surface area contributed by atoms with Crippen molar-refractivity contribution in [1.29, 1.82) is 0 Å². The van der Waals surface area contributed by atoms with Crippen LogP contribution in [0.2, 0.25) is 0 Å². The molecule has 0 bridgehead atoms. The first kappa shape index (κ1) is 15.4. The summed E-state index contributed by atoms with van der Waals surface area (Å²) < 4.78 is 0. The highest BCUT2D eigenvalue weighted by molar-refractivity contribution is 5.77. The van der Waals surface area contributed by atoms with Crippen LogP contribution in [0.1, 0.15) is 41.0 Å². The second kappa shape index (κ2) is 6.02. The molecule has 1 aliphatic heterocycles. The number of rotatable bonds is 3. The number of hydrogen-bond acceptors (Lipinski definition) is 3. The lowest BCUT2D eigenvalue weighted by Gasteiger charge is -2.43. The Balaban J connectivity index is 2.64. The van der Waals surface area contributed by atoms with Gasteiger partial charge < -0.3 is 10.0 Å². The van der Waals surface area contributed by atoms with Crippen LogP contribution < -0.4 is 0 Å². The van der Waals surface area contributed by atoms with Crippen molar-refractivity contribution >= 4 is 5.91 Å². The number of nitrogens with zero attached hydrogens (tertiary/aromatic N) is 2. The summed E-state index contributed by atoms with van der Waals surface area (Å²) in [6, 6.07) is 0.426. The maximum Gasteiger partial charge on any atom is 0.223 e. The predicted molar refractivity (Wildman–Crippen MR) is 73.4 cm³/mol. The van der Waals surface area contributed by atoms with E-state index >= 15 is 0 Å². The van der Waals surface area contributed by atoms with Crippen LogP contribution in [0.3, 0.4) is 0 Å². The van der Waals surface area contributed by atoms with Crippen LogP contribution in [-0.2, 0) is 4.79 Å². The fourth-order valence-corrected chi connectivity index (χ4v) is 2.39. The maximum absolute atomic E-state index is 12.3. The van der Waals surface area contributed by atoms with Gasteiger partial charge in [-0.2, -0.15) is 0 Å². The van der Waals surface area contributed by atoms with Gasteiger partial charge in [0.05, 0.1) is 12.6 Å². The summed E-state index contributed by atoms with van der Waals surface area (Å²) in [5.41, 5.74) is 0.00622. The van der Waals surface area contributed by atoms with Crippen molar-refractivity contribution < 1.29 is 9.90 Å². The Kier molecular flexibility index (Phi) is 5.17. The van der Waals surface area contributed by atoms with Gasteiger partial charge in [0, 0.05) is 32.1 Å². The quantitative estimate of drug-likeness (QED) is 0.828. The number of aliphatic hydroxyl groups is 1.